The van der Waals surface area contributed by atoms with Crippen LogP contribution in [-0.2, 0) is 0 Å². The average Bonchev–Trinajstić information content (AvgIpc) is 2.51. The zero-order valence-electron chi connectivity index (χ0n) is 14.9. The van der Waals surface area contributed by atoms with Crippen molar-refractivity contribution >= 4 is 35.5 Å². The quantitative estimate of drug-likeness (QED) is 0.860. The number of hydrogen-bond donors (Lipinski definition) is 1. The van der Waals surface area contributed by atoms with Crippen molar-refractivity contribution in [1.82, 2.24) is 0 Å². The second-order valence-electron chi connectivity index (χ2n) is 7.25. The summed E-state index contributed by atoms with van der Waals surface area (Å²) in [6.45, 7) is 4.80. The summed E-state index contributed by atoms with van der Waals surface area (Å²) >= 11 is 0. The SMILES string of the molecule is CN(C)c1ccc2c(c1)[Si](C)(C)c1cc(N(C)C)ccc1C2=N. The largest absolute Gasteiger partial charge is 0.378 e. The molecule has 4 heteroatoms. The Labute approximate surface area is 140 Å². The van der Waals surface area contributed by atoms with E-state index in [9.17, 15) is 0 Å². The van der Waals surface area contributed by atoms with Crippen LogP contribution in [0.4, 0.5) is 11.4 Å². The molecule has 0 radical (unpaired) electrons. The van der Waals surface area contributed by atoms with E-state index in [1.807, 2.05) is 0 Å². The van der Waals surface area contributed by atoms with Gasteiger partial charge in [0.15, 0.2) is 0 Å². The van der Waals surface area contributed by atoms with E-state index < -0.39 is 8.07 Å². The number of hydrogen-bond acceptors (Lipinski definition) is 3. The third kappa shape index (κ3) is 2.38. The molecular weight excluding hydrogens is 298 g/mol. The van der Waals surface area contributed by atoms with Crippen molar-refractivity contribution in [2.45, 2.75) is 13.1 Å². The zero-order valence-corrected chi connectivity index (χ0v) is 15.9. The monoisotopic (exact) mass is 323 g/mol. The summed E-state index contributed by atoms with van der Waals surface area (Å²) in [4.78, 5) is 4.28. The molecule has 0 spiro atoms. The van der Waals surface area contributed by atoms with Crippen molar-refractivity contribution in [1.29, 1.82) is 5.41 Å². The van der Waals surface area contributed by atoms with Gasteiger partial charge in [-0.05, 0) is 45.8 Å². The number of rotatable bonds is 2. The lowest BCUT2D eigenvalue weighted by Crippen LogP contribution is -2.60. The van der Waals surface area contributed by atoms with E-state index in [0.29, 0.717) is 5.71 Å². The molecule has 3 rings (SSSR count). The molecule has 1 aliphatic heterocycles. The van der Waals surface area contributed by atoms with Gasteiger partial charge >= 0.3 is 0 Å². The predicted octanol–water partition coefficient (Wildman–Crippen LogP) is 2.37. The molecule has 23 heavy (non-hydrogen) atoms. The molecule has 120 valence electrons. The molecule has 0 amide bonds. The van der Waals surface area contributed by atoms with Gasteiger partial charge in [0.2, 0.25) is 0 Å². The van der Waals surface area contributed by atoms with E-state index in [4.69, 9.17) is 5.41 Å². The van der Waals surface area contributed by atoms with Crippen molar-refractivity contribution in [2.75, 3.05) is 38.0 Å². The minimum absolute atomic E-state index is 0.664. The lowest BCUT2D eigenvalue weighted by molar-refractivity contribution is 1.13. The van der Waals surface area contributed by atoms with Crippen LogP contribution in [0.15, 0.2) is 36.4 Å². The van der Waals surface area contributed by atoms with Gasteiger partial charge in [-0.3, -0.25) is 5.41 Å². The third-order valence-electron chi connectivity index (χ3n) is 4.92. The lowest BCUT2D eigenvalue weighted by Gasteiger charge is -2.35. The second-order valence-corrected chi connectivity index (χ2v) is 11.6. The number of fused-ring (bicyclic) bond motifs is 2. The molecule has 0 saturated heterocycles. The molecule has 0 bridgehead atoms. The number of benzene rings is 2. The molecule has 2 aromatic rings. The van der Waals surface area contributed by atoms with Crippen LogP contribution in [0.5, 0.6) is 0 Å². The van der Waals surface area contributed by atoms with Gasteiger partial charge in [0.25, 0.3) is 0 Å². The first-order chi connectivity index (χ1) is 10.7. The van der Waals surface area contributed by atoms with E-state index in [0.717, 1.165) is 11.1 Å². The fourth-order valence-electron chi connectivity index (χ4n) is 3.38. The molecule has 1 N–H and O–H groups in total. The van der Waals surface area contributed by atoms with Gasteiger partial charge in [-0.1, -0.05) is 25.2 Å². The topological polar surface area (TPSA) is 30.3 Å². The Hall–Kier alpha value is -2.07. The summed E-state index contributed by atoms with van der Waals surface area (Å²) in [6, 6.07) is 13.1. The zero-order chi connectivity index (χ0) is 16.9. The van der Waals surface area contributed by atoms with E-state index in [1.165, 1.54) is 21.7 Å². The normalized spacial score (nSPS) is 15.0. The van der Waals surface area contributed by atoms with E-state index in [2.05, 4.69) is 87.5 Å². The Kier molecular flexibility index (Phi) is 3.60. The maximum Gasteiger partial charge on any atom is 0.114 e. The van der Waals surface area contributed by atoms with Crippen LogP contribution in [0.2, 0.25) is 13.1 Å². The third-order valence-corrected chi connectivity index (χ3v) is 8.45. The summed E-state index contributed by atoms with van der Waals surface area (Å²) < 4.78 is 0. The first kappa shape index (κ1) is 15.8. The molecule has 0 unspecified atom stereocenters. The summed E-state index contributed by atoms with van der Waals surface area (Å²) in [6.07, 6.45) is 0. The van der Waals surface area contributed by atoms with E-state index in [1.54, 1.807) is 0 Å². The molecule has 3 nitrogen and oxygen atoms in total. The molecule has 0 aromatic heterocycles. The molecule has 0 atom stereocenters. The fraction of sp³-hybridized carbons (Fsp3) is 0.316. The number of nitrogens with zero attached hydrogens (tertiary/aromatic N) is 2. The van der Waals surface area contributed by atoms with Gasteiger partial charge in [0.05, 0.1) is 5.71 Å². The summed E-state index contributed by atoms with van der Waals surface area (Å²) in [5.74, 6) is 0. The van der Waals surface area contributed by atoms with Crippen LogP contribution in [0.25, 0.3) is 0 Å². The first-order valence-electron chi connectivity index (χ1n) is 7.96. The van der Waals surface area contributed by atoms with Gasteiger partial charge in [-0.15, -0.1) is 0 Å². The van der Waals surface area contributed by atoms with E-state index in [-0.39, 0.29) is 0 Å². The smallest absolute Gasteiger partial charge is 0.114 e. The van der Waals surface area contributed by atoms with Gasteiger partial charge in [0, 0.05) is 39.6 Å². The first-order valence-corrected chi connectivity index (χ1v) is 11.0. The minimum Gasteiger partial charge on any atom is -0.378 e. The highest BCUT2D eigenvalue weighted by Gasteiger charge is 2.37. The Morgan fingerprint density at radius 3 is 1.48 bits per heavy atom. The maximum atomic E-state index is 8.68. The van der Waals surface area contributed by atoms with Crippen LogP contribution < -0.4 is 20.2 Å². The van der Waals surface area contributed by atoms with Crippen molar-refractivity contribution in [3.05, 3.63) is 47.5 Å². The lowest BCUT2D eigenvalue weighted by atomic mass is 10.0. The van der Waals surface area contributed by atoms with Crippen LogP contribution in [0, 0.1) is 5.41 Å². The van der Waals surface area contributed by atoms with Crippen LogP contribution in [0.3, 0.4) is 0 Å². The standard InChI is InChI=1S/C19H25N3Si/c1-21(2)13-7-9-15-17(11-13)23(5,6)18-12-14(22(3)4)8-10-16(18)19(15)20/h7-12,20H,1-6H3. The highest BCUT2D eigenvalue weighted by atomic mass is 28.3. The summed E-state index contributed by atoms with van der Waals surface area (Å²) in [7, 11) is 6.47. The van der Waals surface area contributed by atoms with Crippen LogP contribution in [-0.4, -0.2) is 42.0 Å². The second kappa shape index (κ2) is 5.23. The van der Waals surface area contributed by atoms with Crippen molar-refractivity contribution < 1.29 is 0 Å². The molecule has 2 aromatic carbocycles. The average molecular weight is 324 g/mol. The predicted molar refractivity (Wildman–Crippen MR) is 104 cm³/mol. The molecular formula is C19H25N3Si. The van der Waals surface area contributed by atoms with Crippen molar-refractivity contribution in [3.63, 3.8) is 0 Å². The summed E-state index contributed by atoms with van der Waals surface area (Å²) in [5, 5.41) is 11.4. The Balaban J connectivity index is 2.26. The Morgan fingerprint density at radius 1 is 0.739 bits per heavy atom. The molecule has 0 saturated carbocycles. The van der Waals surface area contributed by atoms with Crippen LogP contribution >= 0.6 is 0 Å². The molecule has 0 aliphatic carbocycles. The molecule has 0 fully saturated rings. The van der Waals surface area contributed by atoms with Crippen molar-refractivity contribution in [3.8, 4) is 0 Å². The summed E-state index contributed by atoms with van der Waals surface area (Å²) in [5.41, 5.74) is 5.31. The number of nitrogens with one attached hydrogen (secondary N) is 1. The highest BCUT2D eigenvalue weighted by Crippen LogP contribution is 2.25. The molecule has 1 heterocycles. The maximum absolute atomic E-state index is 8.68. The molecule has 1 aliphatic rings. The fourth-order valence-corrected chi connectivity index (χ4v) is 6.45. The van der Waals surface area contributed by atoms with E-state index >= 15 is 0 Å². The van der Waals surface area contributed by atoms with Gasteiger partial charge < -0.3 is 9.80 Å². The van der Waals surface area contributed by atoms with Gasteiger partial charge in [-0.25, -0.2) is 0 Å². The van der Waals surface area contributed by atoms with Crippen LogP contribution in [0.1, 0.15) is 11.1 Å². The Morgan fingerprint density at radius 2 is 1.13 bits per heavy atom. The van der Waals surface area contributed by atoms with Gasteiger partial charge in [0.1, 0.15) is 8.07 Å². The number of anilines is 2. The Bertz CT molecular complexity index is 728. The van der Waals surface area contributed by atoms with Gasteiger partial charge in [-0.2, -0.15) is 0 Å². The minimum atomic E-state index is -1.82. The van der Waals surface area contributed by atoms with Crippen molar-refractivity contribution in [2.24, 2.45) is 0 Å². The highest BCUT2D eigenvalue weighted by molar-refractivity contribution is 7.02.